The van der Waals surface area contributed by atoms with E-state index in [1.807, 2.05) is 61.5 Å². The highest BCUT2D eigenvalue weighted by Crippen LogP contribution is 2.48. The summed E-state index contributed by atoms with van der Waals surface area (Å²) in [5.41, 5.74) is 1.62. The second-order valence-electron chi connectivity index (χ2n) is 8.31. The third-order valence-corrected chi connectivity index (χ3v) is 6.41. The number of methoxy groups -OCH3 is 1. The van der Waals surface area contributed by atoms with Crippen LogP contribution in [0.25, 0.3) is 5.69 Å². The molecule has 0 saturated heterocycles. The van der Waals surface area contributed by atoms with E-state index in [9.17, 15) is 9.90 Å². The van der Waals surface area contributed by atoms with Gasteiger partial charge in [0.2, 0.25) is 5.88 Å². The number of anilines is 1. The van der Waals surface area contributed by atoms with Crippen molar-refractivity contribution in [2.75, 3.05) is 12.4 Å². The summed E-state index contributed by atoms with van der Waals surface area (Å²) in [6, 6.07) is 16.0. The summed E-state index contributed by atoms with van der Waals surface area (Å²) in [4.78, 5) is 13.1. The number of hydrogen-bond acceptors (Lipinski definition) is 5. The number of aromatic nitrogens is 2. The minimum absolute atomic E-state index is 0.425. The number of aliphatic hydroxyl groups is 1. The van der Waals surface area contributed by atoms with Gasteiger partial charge in [-0.3, -0.25) is 5.32 Å². The second-order valence-corrected chi connectivity index (χ2v) is 8.31. The highest BCUT2D eigenvalue weighted by atomic mass is 16.5. The number of ether oxygens (including phenoxy) is 2. The molecular formula is C24H26N4O4. The highest BCUT2D eigenvalue weighted by molar-refractivity contribution is 5.90. The summed E-state index contributed by atoms with van der Waals surface area (Å²) in [7, 11) is 1.54. The maximum Gasteiger partial charge on any atom is 0.320 e. The lowest BCUT2D eigenvalue weighted by Crippen LogP contribution is -2.60. The van der Waals surface area contributed by atoms with E-state index in [0.29, 0.717) is 23.0 Å². The SMILES string of the molecule is COc1nn(-c2ccccc2)c(NC(=O)N[C@@H]2c3ccccc3OC3(CCC3)[C@H]2O)c1C. The zero-order chi connectivity index (χ0) is 22.3. The lowest BCUT2D eigenvalue weighted by Gasteiger charge is -2.51. The average Bonchev–Trinajstić information content (AvgIpc) is 3.10. The molecule has 1 aliphatic heterocycles. The molecule has 5 rings (SSSR count). The molecule has 2 heterocycles. The number of nitrogens with one attached hydrogen (secondary N) is 2. The Morgan fingerprint density at radius 2 is 1.91 bits per heavy atom. The quantitative estimate of drug-likeness (QED) is 0.581. The van der Waals surface area contributed by atoms with E-state index in [4.69, 9.17) is 9.47 Å². The Labute approximate surface area is 186 Å². The summed E-state index contributed by atoms with van der Waals surface area (Å²) >= 11 is 0. The Hall–Kier alpha value is -3.52. The van der Waals surface area contributed by atoms with Gasteiger partial charge in [0.1, 0.15) is 23.3 Å². The summed E-state index contributed by atoms with van der Waals surface area (Å²) in [5, 5.41) is 21.5. The van der Waals surface area contributed by atoms with Gasteiger partial charge in [-0.15, -0.1) is 5.10 Å². The standard InChI is InChI=1S/C24H26N4O4/c1-15-21(28(27-22(15)31-2)16-9-4-3-5-10-16)26-23(30)25-19-17-11-6-7-12-18(17)32-24(20(19)29)13-8-14-24/h3-7,9-12,19-20,29H,8,13-14H2,1-2H3,(H2,25,26,30)/t19-,20+/m1/s1. The van der Waals surface area contributed by atoms with Gasteiger partial charge < -0.3 is 19.9 Å². The normalized spacial score (nSPS) is 20.6. The molecule has 0 bridgehead atoms. The molecule has 8 heteroatoms. The van der Waals surface area contributed by atoms with E-state index in [1.165, 1.54) is 0 Å². The molecule has 1 aromatic heterocycles. The highest BCUT2D eigenvalue weighted by Gasteiger charge is 2.53. The predicted molar refractivity (Wildman–Crippen MR) is 119 cm³/mol. The maximum absolute atomic E-state index is 13.1. The van der Waals surface area contributed by atoms with Crippen LogP contribution in [0.4, 0.5) is 10.6 Å². The number of fused-ring (bicyclic) bond motifs is 1. The van der Waals surface area contributed by atoms with Gasteiger partial charge in [0.15, 0.2) is 0 Å². The van der Waals surface area contributed by atoms with Crippen LogP contribution in [0.2, 0.25) is 0 Å². The van der Waals surface area contributed by atoms with Crippen LogP contribution in [-0.4, -0.2) is 39.7 Å². The Morgan fingerprint density at radius 3 is 2.59 bits per heavy atom. The largest absolute Gasteiger partial charge is 0.484 e. The smallest absolute Gasteiger partial charge is 0.320 e. The first kappa shape index (κ1) is 20.4. The van der Waals surface area contributed by atoms with Crippen molar-refractivity contribution >= 4 is 11.8 Å². The van der Waals surface area contributed by atoms with Crippen molar-refractivity contribution in [1.82, 2.24) is 15.1 Å². The van der Waals surface area contributed by atoms with Crippen molar-refractivity contribution < 1.29 is 19.4 Å². The zero-order valence-electron chi connectivity index (χ0n) is 18.0. The first-order valence-electron chi connectivity index (χ1n) is 10.7. The van der Waals surface area contributed by atoms with Crippen molar-refractivity contribution in [3.05, 3.63) is 65.7 Å². The van der Waals surface area contributed by atoms with Crippen LogP contribution in [0.15, 0.2) is 54.6 Å². The molecule has 2 amide bonds. The number of aliphatic hydroxyl groups excluding tert-OH is 1. The molecule has 2 aliphatic rings. The van der Waals surface area contributed by atoms with Crippen molar-refractivity contribution in [3.63, 3.8) is 0 Å². The first-order valence-corrected chi connectivity index (χ1v) is 10.7. The summed E-state index contributed by atoms with van der Waals surface area (Å²) in [6.45, 7) is 1.84. The molecule has 1 saturated carbocycles. The van der Waals surface area contributed by atoms with E-state index in [1.54, 1.807) is 11.8 Å². The van der Waals surface area contributed by atoms with Gasteiger partial charge in [0.25, 0.3) is 0 Å². The van der Waals surface area contributed by atoms with E-state index in [2.05, 4.69) is 15.7 Å². The monoisotopic (exact) mass is 434 g/mol. The Bertz CT molecular complexity index is 1140. The number of para-hydroxylation sites is 2. The lowest BCUT2D eigenvalue weighted by atomic mass is 9.71. The van der Waals surface area contributed by atoms with E-state index in [0.717, 1.165) is 30.5 Å². The van der Waals surface area contributed by atoms with Crippen molar-refractivity contribution in [1.29, 1.82) is 0 Å². The fraction of sp³-hybridized carbons (Fsp3) is 0.333. The fourth-order valence-corrected chi connectivity index (χ4v) is 4.52. The van der Waals surface area contributed by atoms with Crippen LogP contribution >= 0.6 is 0 Å². The van der Waals surface area contributed by atoms with Gasteiger partial charge in [0.05, 0.1) is 24.4 Å². The number of carbonyl (C=O) groups excluding carboxylic acids is 1. The number of amides is 2. The number of carbonyl (C=O) groups is 1. The van der Waals surface area contributed by atoms with E-state index in [-0.39, 0.29) is 0 Å². The molecule has 2 aromatic carbocycles. The Kier molecular flexibility index (Phi) is 5.01. The molecule has 0 unspecified atom stereocenters. The Morgan fingerprint density at radius 1 is 1.19 bits per heavy atom. The third-order valence-electron chi connectivity index (χ3n) is 6.41. The van der Waals surface area contributed by atoms with Crippen molar-refractivity contribution in [2.24, 2.45) is 0 Å². The molecule has 166 valence electrons. The minimum atomic E-state index is -0.841. The van der Waals surface area contributed by atoms with Gasteiger partial charge in [-0.2, -0.15) is 0 Å². The predicted octanol–water partition coefficient (Wildman–Crippen LogP) is 3.73. The molecule has 1 spiro atoms. The number of nitrogens with zero attached hydrogens (tertiary/aromatic N) is 2. The van der Waals surface area contributed by atoms with Gasteiger partial charge >= 0.3 is 6.03 Å². The third kappa shape index (κ3) is 3.27. The summed E-state index contributed by atoms with van der Waals surface area (Å²) in [6.07, 6.45) is 1.68. The van der Waals surface area contributed by atoms with Crippen LogP contribution in [0.3, 0.4) is 0 Å². The van der Waals surface area contributed by atoms with E-state index >= 15 is 0 Å². The number of urea groups is 1. The fourth-order valence-electron chi connectivity index (χ4n) is 4.52. The van der Waals surface area contributed by atoms with Gasteiger partial charge in [-0.05, 0) is 44.4 Å². The van der Waals surface area contributed by atoms with Crippen LogP contribution < -0.4 is 20.1 Å². The topological polar surface area (TPSA) is 97.6 Å². The minimum Gasteiger partial charge on any atom is -0.484 e. The summed E-state index contributed by atoms with van der Waals surface area (Å²) < 4.78 is 13.2. The van der Waals surface area contributed by atoms with E-state index < -0.39 is 23.8 Å². The number of benzene rings is 2. The molecule has 0 radical (unpaired) electrons. The Balaban J connectivity index is 1.44. The molecule has 3 aromatic rings. The van der Waals surface area contributed by atoms with Crippen LogP contribution in [0.1, 0.15) is 36.4 Å². The molecular weight excluding hydrogens is 408 g/mol. The lowest BCUT2D eigenvalue weighted by molar-refractivity contribution is -0.130. The number of rotatable bonds is 4. The zero-order valence-corrected chi connectivity index (χ0v) is 18.0. The van der Waals surface area contributed by atoms with Crippen molar-refractivity contribution in [3.8, 4) is 17.3 Å². The first-order chi connectivity index (χ1) is 15.5. The van der Waals surface area contributed by atoms with Gasteiger partial charge in [-0.25, -0.2) is 9.48 Å². The summed E-state index contributed by atoms with van der Waals surface area (Å²) in [5.74, 6) is 1.63. The molecule has 2 atom stereocenters. The molecule has 8 nitrogen and oxygen atoms in total. The van der Waals surface area contributed by atoms with Gasteiger partial charge in [0, 0.05) is 5.56 Å². The van der Waals surface area contributed by atoms with Gasteiger partial charge in [-0.1, -0.05) is 36.4 Å². The van der Waals surface area contributed by atoms with Crippen LogP contribution in [-0.2, 0) is 0 Å². The second kappa shape index (κ2) is 7.87. The van der Waals surface area contributed by atoms with Crippen LogP contribution in [0, 0.1) is 6.92 Å². The molecule has 1 aliphatic carbocycles. The van der Waals surface area contributed by atoms with Crippen LogP contribution in [0.5, 0.6) is 11.6 Å². The number of hydrogen-bond donors (Lipinski definition) is 3. The van der Waals surface area contributed by atoms with Crippen molar-refractivity contribution in [2.45, 2.75) is 43.9 Å². The molecule has 1 fully saturated rings. The maximum atomic E-state index is 13.1. The molecule has 3 N–H and O–H groups in total. The molecule has 32 heavy (non-hydrogen) atoms. The average molecular weight is 434 g/mol.